The zero-order valence-corrected chi connectivity index (χ0v) is 12.0. The molecule has 4 heteroatoms. The fourth-order valence-corrected chi connectivity index (χ4v) is 0.863. The lowest BCUT2D eigenvalue weighted by molar-refractivity contribution is -0.348. The normalized spacial score (nSPS) is 12.6. The van der Waals surface area contributed by atoms with Crippen LogP contribution in [0, 0.1) is 5.41 Å². The van der Waals surface area contributed by atoms with Crippen molar-refractivity contribution in [3.8, 4) is 0 Å². The summed E-state index contributed by atoms with van der Waals surface area (Å²) in [7, 11) is 0. The van der Waals surface area contributed by atoms with Crippen molar-refractivity contribution >= 4 is 5.97 Å². The third kappa shape index (κ3) is 10.3. The lowest BCUT2D eigenvalue weighted by atomic mass is 9.97. The second-order valence-corrected chi connectivity index (χ2v) is 6.11. The molecule has 17 heavy (non-hydrogen) atoms. The maximum absolute atomic E-state index is 11.4. The Hall–Kier alpha value is -0.610. The van der Waals surface area contributed by atoms with Crippen LogP contribution in [0.2, 0.25) is 0 Å². The van der Waals surface area contributed by atoms with Gasteiger partial charge >= 0.3 is 5.97 Å². The second-order valence-electron chi connectivity index (χ2n) is 6.11. The van der Waals surface area contributed by atoms with Gasteiger partial charge in [0.25, 0.3) is 0 Å². The number of esters is 1. The Bertz CT molecular complexity index is 223. The first-order chi connectivity index (χ1) is 7.63. The quantitative estimate of drug-likeness (QED) is 0.313. The minimum absolute atomic E-state index is 0.163. The van der Waals surface area contributed by atoms with Gasteiger partial charge in [0.15, 0.2) is 0 Å². The van der Waals surface area contributed by atoms with Crippen LogP contribution in [0.4, 0.5) is 0 Å². The molecule has 0 aliphatic carbocycles. The van der Waals surface area contributed by atoms with Gasteiger partial charge in [0.1, 0.15) is 0 Å². The molecule has 102 valence electrons. The van der Waals surface area contributed by atoms with Crippen LogP contribution >= 0.6 is 0 Å². The Kier molecular flexibility index (Phi) is 6.72. The van der Waals surface area contributed by atoms with E-state index in [1.807, 2.05) is 41.5 Å². The van der Waals surface area contributed by atoms with Crippen LogP contribution in [0.5, 0.6) is 0 Å². The highest BCUT2D eigenvalue weighted by molar-refractivity contribution is 5.75. The predicted octanol–water partition coefficient (Wildman–Crippen LogP) is 3.10. The van der Waals surface area contributed by atoms with Crippen LogP contribution < -0.4 is 0 Å². The van der Waals surface area contributed by atoms with Gasteiger partial charge in [-0.05, 0) is 54.4 Å². The van der Waals surface area contributed by atoms with E-state index in [0.717, 1.165) is 12.8 Å². The molecule has 0 aliphatic rings. The van der Waals surface area contributed by atoms with Crippen molar-refractivity contribution in [2.45, 2.75) is 60.0 Å². The van der Waals surface area contributed by atoms with E-state index in [1.54, 1.807) is 0 Å². The molecule has 0 heterocycles. The smallest absolute Gasteiger partial charge is 0.311 e. The molecule has 0 rings (SSSR count). The van der Waals surface area contributed by atoms with Crippen molar-refractivity contribution in [2.75, 3.05) is 13.2 Å². The van der Waals surface area contributed by atoms with Crippen molar-refractivity contribution in [3.63, 3.8) is 0 Å². The average molecular weight is 246 g/mol. The SMILES string of the molecule is CC(C)(C)OOCCCCOC(=O)C(C)(C)C. The molecule has 0 aromatic rings. The summed E-state index contributed by atoms with van der Waals surface area (Å²) in [4.78, 5) is 21.5. The Morgan fingerprint density at radius 3 is 1.94 bits per heavy atom. The van der Waals surface area contributed by atoms with Gasteiger partial charge in [-0.15, -0.1) is 0 Å². The highest BCUT2D eigenvalue weighted by Crippen LogP contribution is 2.15. The molecular formula is C13H26O4. The van der Waals surface area contributed by atoms with Crippen LogP contribution in [0.25, 0.3) is 0 Å². The summed E-state index contributed by atoms with van der Waals surface area (Å²) in [5.74, 6) is -0.163. The lowest BCUT2D eigenvalue weighted by Gasteiger charge is -2.18. The molecule has 0 N–H and O–H groups in total. The summed E-state index contributed by atoms with van der Waals surface area (Å²) in [6.45, 7) is 12.3. The third-order valence-corrected chi connectivity index (χ3v) is 1.78. The molecule has 0 aromatic carbocycles. The van der Waals surface area contributed by atoms with E-state index < -0.39 is 5.41 Å². The summed E-state index contributed by atoms with van der Waals surface area (Å²) >= 11 is 0. The molecule has 0 amide bonds. The second kappa shape index (κ2) is 6.97. The van der Waals surface area contributed by atoms with E-state index in [2.05, 4.69) is 0 Å². The van der Waals surface area contributed by atoms with Crippen LogP contribution in [0.1, 0.15) is 54.4 Å². The van der Waals surface area contributed by atoms with Gasteiger partial charge in [0, 0.05) is 0 Å². The van der Waals surface area contributed by atoms with E-state index in [-0.39, 0.29) is 11.6 Å². The molecule has 0 spiro atoms. The zero-order valence-electron chi connectivity index (χ0n) is 12.0. The predicted molar refractivity (Wildman–Crippen MR) is 66.4 cm³/mol. The Morgan fingerprint density at radius 1 is 0.941 bits per heavy atom. The van der Waals surface area contributed by atoms with E-state index in [1.165, 1.54) is 0 Å². The van der Waals surface area contributed by atoms with Crippen molar-refractivity contribution in [3.05, 3.63) is 0 Å². The third-order valence-electron chi connectivity index (χ3n) is 1.78. The monoisotopic (exact) mass is 246 g/mol. The van der Waals surface area contributed by atoms with Gasteiger partial charge in [-0.1, -0.05) is 0 Å². The van der Waals surface area contributed by atoms with Gasteiger partial charge < -0.3 is 4.74 Å². The van der Waals surface area contributed by atoms with Gasteiger partial charge in [-0.2, -0.15) is 0 Å². The Labute approximate surface area is 105 Å². The maximum atomic E-state index is 11.4. The summed E-state index contributed by atoms with van der Waals surface area (Å²) in [6, 6.07) is 0. The van der Waals surface area contributed by atoms with Crippen molar-refractivity contribution in [1.82, 2.24) is 0 Å². The Morgan fingerprint density at radius 2 is 1.47 bits per heavy atom. The van der Waals surface area contributed by atoms with Crippen molar-refractivity contribution in [1.29, 1.82) is 0 Å². The Balaban J connectivity index is 3.39. The van der Waals surface area contributed by atoms with Crippen LogP contribution in [-0.4, -0.2) is 24.8 Å². The fourth-order valence-electron chi connectivity index (χ4n) is 0.863. The highest BCUT2D eigenvalue weighted by Gasteiger charge is 2.22. The first kappa shape index (κ1) is 16.4. The van der Waals surface area contributed by atoms with E-state index in [9.17, 15) is 4.79 Å². The van der Waals surface area contributed by atoms with Crippen molar-refractivity contribution in [2.24, 2.45) is 5.41 Å². The molecule has 0 saturated heterocycles. The number of ether oxygens (including phenoxy) is 1. The topological polar surface area (TPSA) is 44.8 Å². The van der Waals surface area contributed by atoms with Gasteiger partial charge in [0.05, 0.1) is 24.2 Å². The van der Waals surface area contributed by atoms with E-state index in [0.29, 0.717) is 13.2 Å². The zero-order chi connectivity index (χ0) is 13.5. The highest BCUT2D eigenvalue weighted by atomic mass is 17.2. The van der Waals surface area contributed by atoms with E-state index >= 15 is 0 Å². The van der Waals surface area contributed by atoms with Gasteiger partial charge in [-0.3, -0.25) is 4.79 Å². The maximum Gasteiger partial charge on any atom is 0.311 e. The number of carbonyl (C=O) groups excluding carboxylic acids is 1. The van der Waals surface area contributed by atoms with Crippen LogP contribution in [0.3, 0.4) is 0 Å². The molecule has 4 nitrogen and oxygen atoms in total. The van der Waals surface area contributed by atoms with Gasteiger partial charge in [-0.25, -0.2) is 9.78 Å². The minimum Gasteiger partial charge on any atom is -0.465 e. The number of carbonyl (C=O) groups is 1. The first-order valence-electron chi connectivity index (χ1n) is 6.11. The molecule has 0 atom stereocenters. The molecule has 0 aromatic heterocycles. The number of hydrogen-bond acceptors (Lipinski definition) is 4. The molecule has 0 unspecified atom stereocenters. The lowest BCUT2D eigenvalue weighted by Crippen LogP contribution is -2.23. The van der Waals surface area contributed by atoms with Gasteiger partial charge in [0.2, 0.25) is 0 Å². The number of rotatable bonds is 6. The first-order valence-corrected chi connectivity index (χ1v) is 6.11. The largest absolute Gasteiger partial charge is 0.465 e. The molecule has 0 radical (unpaired) electrons. The number of hydrogen-bond donors (Lipinski definition) is 0. The minimum atomic E-state index is -0.425. The van der Waals surface area contributed by atoms with E-state index in [4.69, 9.17) is 14.5 Å². The fraction of sp³-hybridized carbons (Fsp3) is 0.923. The standard InChI is InChI=1S/C13H26O4/c1-12(2,3)11(14)15-9-7-8-10-16-17-13(4,5)6/h7-10H2,1-6H3. The summed E-state index contributed by atoms with van der Waals surface area (Å²) in [5.41, 5.74) is -0.704. The molecule has 0 saturated carbocycles. The van der Waals surface area contributed by atoms with Crippen LogP contribution in [0.15, 0.2) is 0 Å². The average Bonchev–Trinajstić information content (AvgIpc) is 2.12. The van der Waals surface area contributed by atoms with Crippen LogP contribution in [-0.2, 0) is 19.3 Å². The molecular weight excluding hydrogens is 220 g/mol. The summed E-state index contributed by atoms with van der Waals surface area (Å²) in [5, 5.41) is 0. The molecule has 0 bridgehead atoms. The number of unbranched alkanes of at least 4 members (excludes halogenated alkanes) is 1. The summed E-state index contributed by atoms with van der Waals surface area (Å²) < 4.78 is 5.12. The summed E-state index contributed by atoms with van der Waals surface area (Å²) in [6.07, 6.45) is 1.60. The van der Waals surface area contributed by atoms with Crippen molar-refractivity contribution < 1.29 is 19.3 Å². The molecule has 0 aliphatic heterocycles. The molecule has 0 fully saturated rings.